The van der Waals surface area contributed by atoms with Crippen LogP contribution in [0.4, 0.5) is 0 Å². The van der Waals surface area contributed by atoms with E-state index in [9.17, 15) is 0 Å². The van der Waals surface area contributed by atoms with Gasteiger partial charge in [-0.05, 0) is 47.0 Å². The van der Waals surface area contributed by atoms with Crippen LogP contribution >= 0.6 is 0 Å². The number of hydrogen-bond donors (Lipinski definition) is 1. The van der Waals surface area contributed by atoms with Gasteiger partial charge in [-0.3, -0.25) is 0 Å². The van der Waals surface area contributed by atoms with Gasteiger partial charge in [0.05, 0.1) is 6.04 Å². The first-order valence-corrected chi connectivity index (χ1v) is 7.16. The van der Waals surface area contributed by atoms with E-state index in [1.807, 2.05) is 30.3 Å². The highest BCUT2D eigenvalue weighted by Crippen LogP contribution is 2.20. The number of benzene rings is 3. The summed E-state index contributed by atoms with van der Waals surface area (Å²) >= 11 is 0. The molecule has 0 aliphatic rings. The van der Waals surface area contributed by atoms with Gasteiger partial charge in [-0.2, -0.15) is 0 Å². The fourth-order valence-corrected chi connectivity index (χ4v) is 2.43. The Hall–Kier alpha value is -2.32. The van der Waals surface area contributed by atoms with Crippen molar-refractivity contribution in [2.75, 3.05) is 6.61 Å². The molecule has 2 heteroatoms. The number of nitrogens with two attached hydrogens (primary N) is 1. The highest BCUT2D eigenvalue weighted by Gasteiger charge is 2.08. The summed E-state index contributed by atoms with van der Waals surface area (Å²) in [5, 5.41) is 2.44. The van der Waals surface area contributed by atoms with Gasteiger partial charge in [0.25, 0.3) is 0 Å². The normalized spacial score (nSPS) is 12.3. The average Bonchev–Trinajstić information content (AvgIpc) is 2.52. The van der Waals surface area contributed by atoms with Gasteiger partial charge in [-0.1, -0.05) is 48.5 Å². The summed E-state index contributed by atoms with van der Waals surface area (Å²) in [6, 6.07) is 22.5. The number of fused-ring (bicyclic) bond motifs is 1. The van der Waals surface area contributed by atoms with E-state index in [-0.39, 0.29) is 6.04 Å². The van der Waals surface area contributed by atoms with Crippen LogP contribution in [0.2, 0.25) is 0 Å². The molecule has 106 valence electrons. The van der Waals surface area contributed by atoms with E-state index in [2.05, 4.69) is 43.3 Å². The van der Waals surface area contributed by atoms with Crippen molar-refractivity contribution < 1.29 is 4.74 Å². The molecule has 2 nitrogen and oxygen atoms in total. The van der Waals surface area contributed by atoms with Gasteiger partial charge < -0.3 is 10.5 Å². The van der Waals surface area contributed by atoms with Crippen molar-refractivity contribution in [3.05, 3.63) is 77.9 Å². The molecule has 1 atom stereocenters. The minimum atomic E-state index is -0.130. The molecule has 2 N–H and O–H groups in total. The minimum Gasteiger partial charge on any atom is -0.492 e. The molecule has 1 unspecified atom stereocenters. The first-order chi connectivity index (χ1) is 10.2. The summed E-state index contributed by atoms with van der Waals surface area (Å²) in [5.41, 5.74) is 8.53. The van der Waals surface area contributed by atoms with Crippen LogP contribution in [0.5, 0.6) is 5.75 Å². The summed E-state index contributed by atoms with van der Waals surface area (Å²) in [5.74, 6) is 0.867. The van der Waals surface area contributed by atoms with Gasteiger partial charge in [0.15, 0.2) is 0 Å². The number of hydrogen-bond acceptors (Lipinski definition) is 2. The molecule has 3 rings (SSSR count). The molecule has 0 spiro atoms. The van der Waals surface area contributed by atoms with Gasteiger partial charge in [-0.15, -0.1) is 0 Å². The summed E-state index contributed by atoms with van der Waals surface area (Å²) in [6.45, 7) is 2.53. The minimum absolute atomic E-state index is 0.130. The number of rotatable bonds is 4. The second-order valence-corrected chi connectivity index (χ2v) is 5.34. The van der Waals surface area contributed by atoms with Crippen LogP contribution in [0.1, 0.15) is 17.2 Å². The zero-order valence-corrected chi connectivity index (χ0v) is 12.1. The lowest BCUT2D eigenvalue weighted by molar-refractivity contribution is 0.290. The summed E-state index contributed by atoms with van der Waals surface area (Å²) in [6.07, 6.45) is 0. The molecule has 21 heavy (non-hydrogen) atoms. The van der Waals surface area contributed by atoms with Crippen molar-refractivity contribution in [1.29, 1.82) is 0 Å². The average molecular weight is 277 g/mol. The fraction of sp³-hybridized carbons (Fsp3) is 0.158. The molecular formula is C19H19NO. The van der Waals surface area contributed by atoms with Crippen LogP contribution in [-0.2, 0) is 0 Å². The molecule has 3 aromatic rings. The molecular weight excluding hydrogens is 258 g/mol. The fourth-order valence-electron chi connectivity index (χ4n) is 2.43. The predicted molar refractivity (Wildman–Crippen MR) is 87.6 cm³/mol. The molecule has 0 bridgehead atoms. The van der Waals surface area contributed by atoms with Gasteiger partial charge in [-0.25, -0.2) is 0 Å². The van der Waals surface area contributed by atoms with E-state index in [4.69, 9.17) is 10.5 Å². The van der Waals surface area contributed by atoms with E-state index in [1.54, 1.807) is 0 Å². The Morgan fingerprint density at radius 2 is 1.71 bits per heavy atom. The largest absolute Gasteiger partial charge is 0.492 e. The monoisotopic (exact) mass is 277 g/mol. The SMILES string of the molecule is Cc1cccc(OCC(N)c2ccc3ccccc3c2)c1. The molecule has 0 fully saturated rings. The molecule has 0 heterocycles. The van der Waals surface area contributed by atoms with Crippen molar-refractivity contribution in [2.24, 2.45) is 5.73 Å². The van der Waals surface area contributed by atoms with Gasteiger partial charge in [0, 0.05) is 0 Å². The standard InChI is InChI=1S/C19H19NO/c1-14-5-4-8-18(11-14)21-13-19(20)17-10-9-15-6-2-3-7-16(15)12-17/h2-12,19H,13,20H2,1H3. The molecule has 0 radical (unpaired) electrons. The topological polar surface area (TPSA) is 35.2 Å². The van der Waals surface area contributed by atoms with Crippen LogP contribution in [0.25, 0.3) is 10.8 Å². The Morgan fingerprint density at radius 1 is 0.905 bits per heavy atom. The lowest BCUT2D eigenvalue weighted by Crippen LogP contribution is -2.18. The van der Waals surface area contributed by atoms with Crippen molar-refractivity contribution in [1.82, 2.24) is 0 Å². The van der Waals surface area contributed by atoms with Crippen molar-refractivity contribution in [2.45, 2.75) is 13.0 Å². The third-order valence-electron chi connectivity index (χ3n) is 3.62. The smallest absolute Gasteiger partial charge is 0.119 e. The molecule has 0 aliphatic heterocycles. The lowest BCUT2D eigenvalue weighted by atomic mass is 10.0. The summed E-state index contributed by atoms with van der Waals surface area (Å²) < 4.78 is 5.79. The van der Waals surface area contributed by atoms with Crippen molar-refractivity contribution in [3.8, 4) is 5.75 Å². The van der Waals surface area contributed by atoms with Gasteiger partial charge in [0.2, 0.25) is 0 Å². The first-order valence-electron chi connectivity index (χ1n) is 7.16. The Labute approximate surface area is 125 Å². The Morgan fingerprint density at radius 3 is 2.52 bits per heavy atom. The zero-order chi connectivity index (χ0) is 14.7. The first kappa shape index (κ1) is 13.7. The maximum absolute atomic E-state index is 6.25. The van der Waals surface area contributed by atoms with Crippen LogP contribution in [-0.4, -0.2) is 6.61 Å². The molecule has 0 saturated carbocycles. The second kappa shape index (κ2) is 5.98. The van der Waals surface area contributed by atoms with E-state index in [0.717, 1.165) is 11.3 Å². The highest BCUT2D eigenvalue weighted by molar-refractivity contribution is 5.83. The van der Waals surface area contributed by atoms with Gasteiger partial charge in [0.1, 0.15) is 12.4 Å². The highest BCUT2D eigenvalue weighted by atomic mass is 16.5. The predicted octanol–water partition coefficient (Wildman–Crippen LogP) is 4.23. The quantitative estimate of drug-likeness (QED) is 0.774. The van der Waals surface area contributed by atoms with Crippen LogP contribution in [0, 0.1) is 6.92 Å². The van der Waals surface area contributed by atoms with Gasteiger partial charge >= 0.3 is 0 Å². The maximum Gasteiger partial charge on any atom is 0.119 e. The zero-order valence-electron chi connectivity index (χ0n) is 12.1. The van der Waals surface area contributed by atoms with Crippen molar-refractivity contribution >= 4 is 10.8 Å². The molecule has 0 saturated heterocycles. The molecule has 0 aliphatic carbocycles. The third kappa shape index (κ3) is 3.23. The van der Waals surface area contributed by atoms with Crippen molar-refractivity contribution in [3.63, 3.8) is 0 Å². The van der Waals surface area contributed by atoms with Crippen LogP contribution in [0.3, 0.4) is 0 Å². The maximum atomic E-state index is 6.25. The molecule has 0 amide bonds. The van der Waals surface area contributed by atoms with E-state index in [1.165, 1.54) is 16.3 Å². The molecule has 3 aromatic carbocycles. The Bertz CT molecular complexity index is 751. The van der Waals surface area contributed by atoms with E-state index >= 15 is 0 Å². The van der Waals surface area contributed by atoms with Crippen LogP contribution in [0.15, 0.2) is 66.7 Å². The number of ether oxygens (including phenoxy) is 1. The summed E-state index contributed by atoms with van der Waals surface area (Å²) in [7, 11) is 0. The van der Waals surface area contributed by atoms with Crippen LogP contribution < -0.4 is 10.5 Å². The Kier molecular flexibility index (Phi) is 3.89. The molecule has 0 aromatic heterocycles. The third-order valence-corrected chi connectivity index (χ3v) is 3.62. The Balaban J connectivity index is 1.73. The second-order valence-electron chi connectivity index (χ2n) is 5.34. The van der Waals surface area contributed by atoms with E-state index in [0.29, 0.717) is 6.61 Å². The lowest BCUT2D eigenvalue weighted by Gasteiger charge is -2.14. The number of aryl methyl sites for hydroxylation is 1. The van der Waals surface area contributed by atoms with E-state index < -0.39 is 0 Å². The summed E-state index contributed by atoms with van der Waals surface area (Å²) in [4.78, 5) is 0.